The monoisotopic (exact) mass is 309 g/mol. The number of primary amides is 1. The molecule has 2 atom stereocenters. The van der Waals surface area contributed by atoms with Crippen LogP contribution in [0.1, 0.15) is 30.9 Å². The Morgan fingerprint density at radius 2 is 2.14 bits per heavy atom. The predicted molar refractivity (Wildman–Crippen MR) is 84.1 cm³/mol. The first kappa shape index (κ1) is 15.9. The minimum atomic E-state index is -0.409. The third-order valence-corrected chi connectivity index (χ3v) is 4.32. The second-order valence-corrected chi connectivity index (χ2v) is 6.07. The van der Waals surface area contributed by atoms with Crippen LogP contribution in [0.5, 0.6) is 0 Å². The Bertz CT molecular complexity index is 564. The lowest BCUT2D eigenvalue weighted by Crippen LogP contribution is -2.45. The number of amides is 1. The fourth-order valence-electron chi connectivity index (χ4n) is 2.73. The van der Waals surface area contributed by atoms with Crippen LogP contribution in [0.25, 0.3) is 0 Å². The van der Waals surface area contributed by atoms with Crippen LogP contribution < -0.4 is 11.5 Å². The van der Waals surface area contributed by atoms with E-state index < -0.39 is 5.82 Å². The van der Waals surface area contributed by atoms with Gasteiger partial charge in [0.25, 0.3) is 0 Å². The number of rotatable bonds is 4. The summed E-state index contributed by atoms with van der Waals surface area (Å²) in [6.45, 7) is 3.38. The number of nitrogens with two attached hydrogens (primary N) is 2. The highest BCUT2D eigenvalue weighted by Crippen LogP contribution is 2.24. The molecule has 21 heavy (non-hydrogen) atoms. The molecule has 4 nitrogen and oxygen atoms in total. The molecule has 0 aliphatic carbocycles. The van der Waals surface area contributed by atoms with E-state index in [0.717, 1.165) is 18.4 Å². The number of likely N-dealkylation sites (tertiary alicyclic amines) is 1. The number of nitrogens with zero attached hydrogens (tertiary/aromatic N) is 1. The number of carbonyl (C=O) groups is 1. The number of benzene rings is 1. The zero-order valence-corrected chi connectivity index (χ0v) is 12.8. The van der Waals surface area contributed by atoms with Gasteiger partial charge in [0.1, 0.15) is 10.8 Å². The predicted octanol–water partition coefficient (Wildman–Crippen LogP) is 1.55. The van der Waals surface area contributed by atoms with Crippen molar-refractivity contribution in [2.45, 2.75) is 32.4 Å². The van der Waals surface area contributed by atoms with E-state index in [-0.39, 0.29) is 22.4 Å². The molecule has 1 amide bonds. The van der Waals surface area contributed by atoms with Crippen LogP contribution in [0.3, 0.4) is 0 Å². The lowest BCUT2D eigenvalue weighted by atomic mass is 9.92. The topological polar surface area (TPSA) is 72.4 Å². The van der Waals surface area contributed by atoms with Gasteiger partial charge in [-0.3, -0.25) is 9.69 Å². The minimum Gasteiger partial charge on any atom is -0.389 e. The Kier molecular flexibility index (Phi) is 4.90. The van der Waals surface area contributed by atoms with E-state index in [0.29, 0.717) is 19.1 Å². The molecule has 2 unspecified atom stereocenters. The molecule has 1 saturated heterocycles. The van der Waals surface area contributed by atoms with Gasteiger partial charge in [-0.25, -0.2) is 4.39 Å². The molecule has 0 bridgehead atoms. The van der Waals surface area contributed by atoms with Crippen molar-refractivity contribution in [1.29, 1.82) is 0 Å². The normalized spacial score (nSPS) is 23.0. The molecule has 1 aromatic carbocycles. The van der Waals surface area contributed by atoms with E-state index in [1.165, 1.54) is 6.07 Å². The first-order valence-electron chi connectivity index (χ1n) is 7.00. The Hall–Kier alpha value is -1.53. The molecule has 1 aliphatic heterocycles. The Labute approximate surface area is 129 Å². The van der Waals surface area contributed by atoms with Crippen LogP contribution >= 0.6 is 12.2 Å². The van der Waals surface area contributed by atoms with Gasteiger partial charge in [-0.1, -0.05) is 18.3 Å². The van der Waals surface area contributed by atoms with E-state index in [9.17, 15) is 9.18 Å². The van der Waals surface area contributed by atoms with Crippen molar-refractivity contribution in [3.8, 4) is 0 Å². The third kappa shape index (κ3) is 3.77. The molecule has 0 aromatic heterocycles. The van der Waals surface area contributed by atoms with Gasteiger partial charge in [0.05, 0.1) is 5.92 Å². The second-order valence-electron chi connectivity index (χ2n) is 5.63. The molecule has 1 aliphatic rings. The second kappa shape index (κ2) is 6.49. The zero-order valence-electron chi connectivity index (χ0n) is 12.0. The Balaban J connectivity index is 2.14. The summed E-state index contributed by atoms with van der Waals surface area (Å²) in [5, 5.41) is 0. The van der Waals surface area contributed by atoms with Crippen LogP contribution in [-0.4, -0.2) is 28.4 Å². The maximum absolute atomic E-state index is 13.6. The highest BCUT2D eigenvalue weighted by atomic mass is 32.1. The van der Waals surface area contributed by atoms with E-state index in [2.05, 4.69) is 11.8 Å². The van der Waals surface area contributed by atoms with Crippen LogP contribution in [0.2, 0.25) is 0 Å². The van der Waals surface area contributed by atoms with Gasteiger partial charge in [0.15, 0.2) is 0 Å². The van der Waals surface area contributed by atoms with Gasteiger partial charge >= 0.3 is 0 Å². The summed E-state index contributed by atoms with van der Waals surface area (Å²) in [5.41, 5.74) is 12.1. The van der Waals surface area contributed by atoms with Crippen LogP contribution in [-0.2, 0) is 11.3 Å². The largest absolute Gasteiger partial charge is 0.389 e. The van der Waals surface area contributed by atoms with E-state index in [1.807, 2.05) is 0 Å². The Morgan fingerprint density at radius 3 is 2.76 bits per heavy atom. The molecular formula is C15H20FN3OS. The molecule has 0 radical (unpaired) electrons. The fraction of sp³-hybridized carbons (Fsp3) is 0.467. The zero-order chi connectivity index (χ0) is 15.6. The molecular weight excluding hydrogens is 289 g/mol. The molecule has 0 spiro atoms. The van der Waals surface area contributed by atoms with Crippen molar-refractivity contribution in [1.82, 2.24) is 4.90 Å². The summed E-state index contributed by atoms with van der Waals surface area (Å²) in [6.07, 6.45) is 1.76. The number of hydrogen-bond acceptors (Lipinski definition) is 3. The van der Waals surface area contributed by atoms with Gasteiger partial charge in [-0.05, 0) is 37.5 Å². The summed E-state index contributed by atoms with van der Waals surface area (Å²) in [7, 11) is 0. The number of halogens is 1. The smallest absolute Gasteiger partial charge is 0.221 e. The molecule has 2 rings (SSSR count). The van der Waals surface area contributed by atoms with E-state index in [1.54, 1.807) is 12.1 Å². The molecule has 1 heterocycles. The average Bonchev–Trinajstić information content (AvgIpc) is 2.42. The SMILES string of the molecule is CC1CCC(C(N)=O)CN1Cc1ccc(F)c(C(N)=S)c1. The van der Waals surface area contributed by atoms with E-state index >= 15 is 0 Å². The van der Waals surface area contributed by atoms with Gasteiger partial charge in [-0.2, -0.15) is 0 Å². The van der Waals surface area contributed by atoms with Crippen LogP contribution in [0.15, 0.2) is 18.2 Å². The molecule has 1 fully saturated rings. The van der Waals surface area contributed by atoms with Gasteiger partial charge in [0, 0.05) is 24.7 Å². The van der Waals surface area contributed by atoms with Crippen LogP contribution in [0, 0.1) is 11.7 Å². The highest BCUT2D eigenvalue weighted by Gasteiger charge is 2.28. The van der Waals surface area contributed by atoms with Gasteiger partial charge < -0.3 is 11.5 Å². The minimum absolute atomic E-state index is 0.0519. The standard InChI is InChI=1S/C15H20FN3OS/c1-9-2-4-11(14(17)20)8-19(9)7-10-3-5-13(16)12(6-10)15(18)21/h3,5-6,9,11H,2,4,7-8H2,1H3,(H2,17,20)(H2,18,21). The molecule has 0 saturated carbocycles. The summed E-state index contributed by atoms with van der Waals surface area (Å²) < 4.78 is 13.6. The maximum atomic E-state index is 13.6. The fourth-order valence-corrected chi connectivity index (χ4v) is 2.88. The first-order chi connectivity index (χ1) is 9.88. The number of hydrogen-bond donors (Lipinski definition) is 2. The molecule has 4 N–H and O–H groups in total. The van der Waals surface area contributed by atoms with Gasteiger partial charge in [-0.15, -0.1) is 0 Å². The van der Waals surface area contributed by atoms with Crippen molar-refractivity contribution in [2.24, 2.45) is 17.4 Å². The van der Waals surface area contributed by atoms with Crippen molar-refractivity contribution in [3.05, 3.63) is 35.1 Å². The lowest BCUT2D eigenvalue weighted by Gasteiger charge is -2.36. The maximum Gasteiger partial charge on any atom is 0.221 e. The lowest BCUT2D eigenvalue weighted by molar-refractivity contribution is -0.124. The first-order valence-corrected chi connectivity index (χ1v) is 7.41. The van der Waals surface area contributed by atoms with Crippen molar-refractivity contribution in [3.63, 3.8) is 0 Å². The van der Waals surface area contributed by atoms with Gasteiger partial charge in [0.2, 0.25) is 5.91 Å². The average molecular weight is 309 g/mol. The van der Waals surface area contributed by atoms with E-state index in [4.69, 9.17) is 23.7 Å². The summed E-state index contributed by atoms with van der Waals surface area (Å²) in [4.78, 5) is 13.6. The molecule has 114 valence electrons. The Morgan fingerprint density at radius 1 is 1.43 bits per heavy atom. The highest BCUT2D eigenvalue weighted by molar-refractivity contribution is 7.80. The number of carbonyl (C=O) groups excluding carboxylic acids is 1. The molecule has 6 heteroatoms. The van der Waals surface area contributed by atoms with Crippen molar-refractivity contribution >= 4 is 23.1 Å². The number of piperidine rings is 1. The summed E-state index contributed by atoms with van der Waals surface area (Å²) >= 11 is 4.85. The van der Waals surface area contributed by atoms with Crippen LogP contribution in [0.4, 0.5) is 4.39 Å². The summed E-state index contributed by atoms with van der Waals surface area (Å²) in [6, 6.07) is 5.14. The summed E-state index contributed by atoms with van der Waals surface area (Å²) in [5.74, 6) is -0.778. The number of thiocarbonyl (C=S) groups is 1. The van der Waals surface area contributed by atoms with Crippen molar-refractivity contribution < 1.29 is 9.18 Å². The third-order valence-electron chi connectivity index (χ3n) is 4.10. The molecule has 1 aromatic rings. The quantitative estimate of drug-likeness (QED) is 0.828. The van der Waals surface area contributed by atoms with Crippen molar-refractivity contribution in [2.75, 3.05) is 6.54 Å².